The van der Waals surface area contributed by atoms with Crippen molar-refractivity contribution < 1.29 is 9.59 Å². The zero-order valence-corrected chi connectivity index (χ0v) is 15.1. The molecule has 0 atom stereocenters. The second-order valence-corrected chi connectivity index (χ2v) is 6.44. The van der Waals surface area contributed by atoms with Crippen molar-refractivity contribution in [3.05, 3.63) is 53.6 Å². The zero-order valence-electron chi connectivity index (χ0n) is 15.1. The summed E-state index contributed by atoms with van der Waals surface area (Å²) < 4.78 is 0. The monoisotopic (exact) mass is 339 g/mol. The summed E-state index contributed by atoms with van der Waals surface area (Å²) in [5.41, 5.74) is 4.50. The molecule has 2 aromatic rings. The maximum atomic E-state index is 12.2. The van der Waals surface area contributed by atoms with Crippen LogP contribution < -0.4 is 16.0 Å². The van der Waals surface area contributed by atoms with Crippen LogP contribution in [0, 0.1) is 19.8 Å². The van der Waals surface area contributed by atoms with E-state index < -0.39 is 0 Å². The Morgan fingerprint density at radius 3 is 2.32 bits per heavy atom. The van der Waals surface area contributed by atoms with Gasteiger partial charge in [0.25, 0.3) is 0 Å². The molecule has 0 radical (unpaired) electrons. The van der Waals surface area contributed by atoms with Crippen molar-refractivity contribution in [3.63, 3.8) is 0 Å². The Morgan fingerprint density at radius 2 is 1.64 bits per heavy atom. The SMILES string of the molecule is Cc1ccc(C)c(NCC(=O)Nc2cccc(NC(=O)C(C)C)c2)c1. The number of carbonyl (C=O) groups is 2. The van der Waals surface area contributed by atoms with E-state index in [0.717, 1.165) is 16.8 Å². The van der Waals surface area contributed by atoms with Crippen LogP contribution in [0.15, 0.2) is 42.5 Å². The summed E-state index contributed by atoms with van der Waals surface area (Å²) in [6.45, 7) is 7.86. The average Bonchev–Trinajstić information content (AvgIpc) is 2.56. The minimum Gasteiger partial charge on any atom is -0.376 e. The van der Waals surface area contributed by atoms with Crippen LogP contribution >= 0.6 is 0 Å². The van der Waals surface area contributed by atoms with Crippen molar-refractivity contribution in [1.82, 2.24) is 0 Å². The Bertz CT molecular complexity index is 769. The highest BCUT2D eigenvalue weighted by atomic mass is 16.2. The summed E-state index contributed by atoms with van der Waals surface area (Å²) in [4.78, 5) is 23.9. The van der Waals surface area contributed by atoms with Gasteiger partial charge in [0.05, 0.1) is 6.54 Å². The van der Waals surface area contributed by atoms with Gasteiger partial charge in [0.1, 0.15) is 0 Å². The number of benzene rings is 2. The number of amides is 2. The molecule has 0 heterocycles. The summed E-state index contributed by atoms with van der Waals surface area (Å²) in [7, 11) is 0. The van der Waals surface area contributed by atoms with Gasteiger partial charge in [0.15, 0.2) is 0 Å². The summed E-state index contributed by atoms with van der Waals surface area (Å²) in [5.74, 6) is -0.298. The molecule has 0 unspecified atom stereocenters. The molecule has 0 saturated carbocycles. The highest BCUT2D eigenvalue weighted by Crippen LogP contribution is 2.17. The van der Waals surface area contributed by atoms with Crippen LogP contribution in [0.5, 0.6) is 0 Å². The fourth-order valence-corrected chi connectivity index (χ4v) is 2.27. The molecule has 132 valence electrons. The second-order valence-electron chi connectivity index (χ2n) is 6.44. The van der Waals surface area contributed by atoms with Crippen LogP contribution in [-0.2, 0) is 9.59 Å². The van der Waals surface area contributed by atoms with E-state index in [0.29, 0.717) is 11.4 Å². The van der Waals surface area contributed by atoms with E-state index in [-0.39, 0.29) is 24.3 Å². The molecular formula is C20H25N3O2. The van der Waals surface area contributed by atoms with Gasteiger partial charge in [-0.15, -0.1) is 0 Å². The molecule has 2 amide bonds. The highest BCUT2D eigenvalue weighted by molar-refractivity contribution is 5.96. The summed E-state index contributed by atoms with van der Waals surface area (Å²) in [6, 6.07) is 13.2. The van der Waals surface area contributed by atoms with Crippen LogP contribution in [0.2, 0.25) is 0 Å². The lowest BCUT2D eigenvalue weighted by Gasteiger charge is -2.12. The van der Waals surface area contributed by atoms with Crippen molar-refractivity contribution in [2.75, 3.05) is 22.5 Å². The average molecular weight is 339 g/mol. The number of hydrogen-bond acceptors (Lipinski definition) is 3. The van der Waals surface area contributed by atoms with E-state index in [1.165, 1.54) is 0 Å². The van der Waals surface area contributed by atoms with Crippen molar-refractivity contribution in [1.29, 1.82) is 0 Å². The molecule has 25 heavy (non-hydrogen) atoms. The first kappa shape index (κ1) is 18.5. The zero-order chi connectivity index (χ0) is 18.4. The van der Waals surface area contributed by atoms with E-state index in [2.05, 4.69) is 16.0 Å². The number of carbonyl (C=O) groups excluding carboxylic acids is 2. The first-order chi connectivity index (χ1) is 11.8. The Labute approximate surface area is 148 Å². The Morgan fingerprint density at radius 1 is 0.960 bits per heavy atom. The smallest absolute Gasteiger partial charge is 0.243 e. The molecule has 0 saturated heterocycles. The summed E-state index contributed by atoms with van der Waals surface area (Å²) in [5, 5.41) is 8.81. The van der Waals surface area contributed by atoms with E-state index in [9.17, 15) is 9.59 Å². The molecule has 0 aromatic heterocycles. The van der Waals surface area contributed by atoms with Crippen molar-refractivity contribution in [2.24, 2.45) is 5.92 Å². The number of anilines is 3. The van der Waals surface area contributed by atoms with Gasteiger partial charge in [-0.2, -0.15) is 0 Å². The third-order valence-electron chi connectivity index (χ3n) is 3.77. The van der Waals surface area contributed by atoms with Crippen LogP contribution in [0.25, 0.3) is 0 Å². The van der Waals surface area contributed by atoms with Crippen LogP contribution in [-0.4, -0.2) is 18.4 Å². The maximum absolute atomic E-state index is 12.2. The Balaban J connectivity index is 1.94. The maximum Gasteiger partial charge on any atom is 0.243 e. The largest absolute Gasteiger partial charge is 0.376 e. The van der Waals surface area contributed by atoms with E-state index in [1.54, 1.807) is 24.3 Å². The molecule has 5 nitrogen and oxygen atoms in total. The predicted molar refractivity (Wildman–Crippen MR) is 103 cm³/mol. The topological polar surface area (TPSA) is 70.2 Å². The van der Waals surface area contributed by atoms with Crippen LogP contribution in [0.4, 0.5) is 17.1 Å². The first-order valence-electron chi connectivity index (χ1n) is 8.37. The van der Waals surface area contributed by atoms with Gasteiger partial charge in [-0.25, -0.2) is 0 Å². The lowest BCUT2D eigenvalue weighted by atomic mass is 10.1. The number of hydrogen-bond donors (Lipinski definition) is 3. The number of aryl methyl sites for hydroxylation is 2. The molecule has 2 rings (SSSR count). The molecule has 2 aromatic carbocycles. The van der Waals surface area contributed by atoms with E-state index in [1.807, 2.05) is 45.9 Å². The molecule has 0 fully saturated rings. The van der Waals surface area contributed by atoms with Gasteiger partial charge in [0.2, 0.25) is 11.8 Å². The van der Waals surface area contributed by atoms with Crippen molar-refractivity contribution >= 4 is 28.9 Å². The fourth-order valence-electron chi connectivity index (χ4n) is 2.27. The Hall–Kier alpha value is -2.82. The van der Waals surface area contributed by atoms with Gasteiger partial charge in [-0.1, -0.05) is 32.0 Å². The van der Waals surface area contributed by atoms with Gasteiger partial charge >= 0.3 is 0 Å². The molecule has 0 aliphatic carbocycles. The van der Waals surface area contributed by atoms with Crippen molar-refractivity contribution in [3.8, 4) is 0 Å². The molecule has 0 bridgehead atoms. The van der Waals surface area contributed by atoms with Gasteiger partial charge in [-0.3, -0.25) is 9.59 Å². The highest BCUT2D eigenvalue weighted by Gasteiger charge is 2.08. The van der Waals surface area contributed by atoms with E-state index in [4.69, 9.17) is 0 Å². The van der Waals surface area contributed by atoms with Crippen molar-refractivity contribution in [2.45, 2.75) is 27.7 Å². The molecule has 0 aliphatic heterocycles. The molecule has 0 spiro atoms. The summed E-state index contributed by atoms with van der Waals surface area (Å²) >= 11 is 0. The second kappa shape index (κ2) is 8.33. The summed E-state index contributed by atoms with van der Waals surface area (Å²) in [6.07, 6.45) is 0. The first-order valence-corrected chi connectivity index (χ1v) is 8.37. The standard InChI is InChI=1S/C20H25N3O2/c1-13(2)20(25)23-17-7-5-6-16(11-17)22-19(24)12-21-18-10-14(3)8-9-15(18)4/h5-11,13,21H,12H2,1-4H3,(H,22,24)(H,23,25). The molecule has 0 aliphatic rings. The Kier molecular flexibility index (Phi) is 6.17. The quantitative estimate of drug-likeness (QED) is 0.746. The van der Waals surface area contributed by atoms with Gasteiger partial charge < -0.3 is 16.0 Å². The normalized spacial score (nSPS) is 10.4. The lowest BCUT2D eigenvalue weighted by molar-refractivity contribution is -0.119. The van der Waals surface area contributed by atoms with Crippen LogP contribution in [0.3, 0.4) is 0 Å². The molecule has 3 N–H and O–H groups in total. The lowest BCUT2D eigenvalue weighted by Crippen LogP contribution is -2.22. The third-order valence-corrected chi connectivity index (χ3v) is 3.77. The van der Waals surface area contributed by atoms with Gasteiger partial charge in [0, 0.05) is 23.0 Å². The van der Waals surface area contributed by atoms with E-state index >= 15 is 0 Å². The molecular weight excluding hydrogens is 314 g/mol. The van der Waals surface area contributed by atoms with Crippen LogP contribution in [0.1, 0.15) is 25.0 Å². The minimum absolute atomic E-state index is 0.0555. The molecule has 5 heteroatoms. The van der Waals surface area contributed by atoms with Gasteiger partial charge in [-0.05, 0) is 49.2 Å². The predicted octanol–water partition coefficient (Wildman–Crippen LogP) is 3.95. The fraction of sp³-hybridized carbons (Fsp3) is 0.300. The minimum atomic E-state index is -0.145. The number of rotatable bonds is 6. The number of nitrogens with one attached hydrogen (secondary N) is 3. The third kappa shape index (κ3) is 5.64.